The van der Waals surface area contributed by atoms with Gasteiger partial charge in [-0.15, -0.1) is 0 Å². The first-order valence-corrected chi connectivity index (χ1v) is 10.8. The molecule has 3 nitrogen and oxygen atoms in total. The Morgan fingerprint density at radius 2 is 1.77 bits per heavy atom. The number of allylic oxidation sites excluding steroid dienone is 6. The molecule has 0 fully saturated rings. The predicted molar refractivity (Wildman–Crippen MR) is 124 cm³/mol. The lowest BCUT2D eigenvalue weighted by atomic mass is 9.63. The minimum atomic E-state index is 0.0105. The molecule has 30 heavy (non-hydrogen) atoms. The molecule has 2 aliphatic rings. The van der Waals surface area contributed by atoms with E-state index >= 15 is 0 Å². The van der Waals surface area contributed by atoms with Crippen LogP contribution in [0.1, 0.15) is 70.6 Å². The highest BCUT2D eigenvalue weighted by Crippen LogP contribution is 2.46. The number of carbonyl (C=O) groups is 1. The Labute approximate surface area is 180 Å². The van der Waals surface area contributed by atoms with Crippen LogP contribution in [-0.2, 0) is 20.4 Å². The highest BCUT2D eigenvalue weighted by molar-refractivity contribution is 6.20. The quantitative estimate of drug-likeness (QED) is 0.489. The Kier molecular flexibility index (Phi) is 6.06. The zero-order valence-electron chi connectivity index (χ0n) is 19.1. The average molecular weight is 404 g/mol. The summed E-state index contributed by atoms with van der Waals surface area (Å²) in [6.45, 7) is 11.8. The number of rotatable bonds is 4. The van der Waals surface area contributed by atoms with Crippen LogP contribution in [0, 0.1) is 0 Å². The molecule has 1 amide bonds. The topological polar surface area (TPSA) is 37.4 Å². The maximum atomic E-state index is 13.3. The number of hydrogen-bond donors (Lipinski definition) is 0. The molecule has 0 aromatic heterocycles. The van der Waals surface area contributed by atoms with Crippen LogP contribution in [-0.4, -0.2) is 30.3 Å². The zero-order valence-corrected chi connectivity index (χ0v) is 19.1. The standard InChI is InChI=1S/C27H33NO2/c1-7-28(6)25(30)22(16-19-8-10-20(18-29)11-9-19)21-12-13-23-24(17-21)27(4,5)15-14-26(23,2)3/h8-10,12-13,16-17H,7,11,14-15H2,1-6H3/b22-16+. The van der Waals surface area contributed by atoms with E-state index in [1.54, 1.807) is 11.0 Å². The number of fused-ring (bicyclic) bond motifs is 1. The van der Waals surface area contributed by atoms with Crippen LogP contribution in [0.25, 0.3) is 5.57 Å². The van der Waals surface area contributed by atoms with Crippen LogP contribution in [0.5, 0.6) is 0 Å². The molecule has 2 aliphatic carbocycles. The molecule has 3 heteroatoms. The van der Waals surface area contributed by atoms with E-state index in [9.17, 15) is 9.59 Å². The molecule has 0 N–H and O–H groups in total. The molecule has 0 bridgehead atoms. The summed E-state index contributed by atoms with van der Waals surface area (Å²) >= 11 is 0. The molecule has 3 rings (SSSR count). The molecular weight excluding hydrogens is 370 g/mol. The SMILES string of the molecule is CCN(C)C(=O)/C(=C/C1=CCC(=C=O)C=C1)c1ccc2c(c1)C(C)(C)CCC2(C)C. The molecule has 0 aliphatic heterocycles. The van der Waals surface area contributed by atoms with Gasteiger partial charge in [-0.2, -0.15) is 0 Å². The predicted octanol–water partition coefficient (Wildman–Crippen LogP) is 5.54. The summed E-state index contributed by atoms with van der Waals surface area (Å²) in [5, 5.41) is 0. The van der Waals surface area contributed by atoms with Crippen molar-refractivity contribution in [1.29, 1.82) is 0 Å². The van der Waals surface area contributed by atoms with Crippen LogP contribution < -0.4 is 0 Å². The Balaban J connectivity index is 2.13. The Hall–Kier alpha value is -2.64. The van der Waals surface area contributed by atoms with Gasteiger partial charge >= 0.3 is 0 Å². The minimum absolute atomic E-state index is 0.0105. The summed E-state index contributed by atoms with van der Waals surface area (Å²) in [6.07, 6.45) is 10.4. The maximum Gasteiger partial charge on any atom is 0.254 e. The van der Waals surface area contributed by atoms with Gasteiger partial charge in [0.2, 0.25) is 0 Å². The molecule has 0 saturated carbocycles. The molecular formula is C27H33NO2. The van der Waals surface area contributed by atoms with Crippen molar-refractivity contribution in [3.05, 3.63) is 70.3 Å². The largest absolute Gasteiger partial charge is 0.342 e. The van der Waals surface area contributed by atoms with E-state index in [-0.39, 0.29) is 16.7 Å². The van der Waals surface area contributed by atoms with Crippen molar-refractivity contribution in [3.63, 3.8) is 0 Å². The zero-order chi connectivity index (χ0) is 22.1. The van der Waals surface area contributed by atoms with Gasteiger partial charge in [-0.3, -0.25) is 4.79 Å². The lowest BCUT2D eigenvalue weighted by Crippen LogP contribution is -2.34. The molecule has 1 aromatic carbocycles. The second kappa shape index (κ2) is 8.24. The summed E-state index contributed by atoms with van der Waals surface area (Å²) in [6, 6.07) is 6.55. The smallest absolute Gasteiger partial charge is 0.254 e. The normalized spacial score (nSPS) is 19.6. The van der Waals surface area contributed by atoms with E-state index in [1.165, 1.54) is 11.1 Å². The van der Waals surface area contributed by atoms with Crippen LogP contribution in [0.4, 0.5) is 0 Å². The summed E-state index contributed by atoms with van der Waals surface area (Å²) in [7, 11) is 1.83. The Morgan fingerprint density at radius 3 is 2.33 bits per heavy atom. The van der Waals surface area contributed by atoms with Gasteiger partial charge < -0.3 is 4.90 Å². The molecule has 0 atom stereocenters. The number of amides is 1. The van der Waals surface area contributed by atoms with Gasteiger partial charge in [0.25, 0.3) is 5.91 Å². The number of likely N-dealkylation sites (N-methyl/N-ethyl adjacent to an activating group) is 1. The van der Waals surface area contributed by atoms with Gasteiger partial charge in [-0.25, -0.2) is 4.79 Å². The third-order valence-corrected chi connectivity index (χ3v) is 6.69. The summed E-state index contributed by atoms with van der Waals surface area (Å²) < 4.78 is 0. The minimum Gasteiger partial charge on any atom is -0.342 e. The number of nitrogens with zero attached hydrogens (tertiary/aromatic N) is 1. The summed E-state index contributed by atoms with van der Waals surface area (Å²) in [5.74, 6) is 1.96. The first kappa shape index (κ1) is 22.1. The fourth-order valence-electron chi connectivity index (χ4n) is 4.28. The highest BCUT2D eigenvalue weighted by Gasteiger charge is 2.37. The fourth-order valence-corrected chi connectivity index (χ4v) is 4.28. The van der Waals surface area contributed by atoms with E-state index in [4.69, 9.17) is 0 Å². The maximum absolute atomic E-state index is 13.3. The number of benzene rings is 1. The monoisotopic (exact) mass is 403 g/mol. The average Bonchev–Trinajstić information content (AvgIpc) is 2.74. The van der Waals surface area contributed by atoms with Gasteiger partial charge in [-0.1, -0.05) is 58.0 Å². The van der Waals surface area contributed by atoms with E-state index < -0.39 is 0 Å². The van der Waals surface area contributed by atoms with Crippen LogP contribution in [0.15, 0.2) is 53.6 Å². The highest BCUT2D eigenvalue weighted by atomic mass is 16.2. The van der Waals surface area contributed by atoms with Crippen molar-refractivity contribution in [2.75, 3.05) is 13.6 Å². The van der Waals surface area contributed by atoms with Gasteiger partial charge in [0, 0.05) is 31.2 Å². The molecule has 1 aromatic rings. The summed E-state index contributed by atoms with van der Waals surface area (Å²) in [4.78, 5) is 25.9. The van der Waals surface area contributed by atoms with Crippen molar-refractivity contribution < 1.29 is 9.59 Å². The lowest BCUT2D eigenvalue weighted by Gasteiger charge is -2.42. The molecule has 0 unspecified atom stereocenters. The van der Waals surface area contributed by atoms with Crippen LogP contribution >= 0.6 is 0 Å². The number of carbonyl (C=O) groups excluding carboxylic acids is 2. The first-order valence-electron chi connectivity index (χ1n) is 10.8. The van der Waals surface area contributed by atoms with Crippen LogP contribution in [0.3, 0.4) is 0 Å². The Morgan fingerprint density at radius 1 is 1.10 bits per heavy atom. The first-order chi connectivity index (χ1) is 14.1. The van der Waals surface area contributed by atoms with E-state index in [2.05, 4.69) is 45.9 Å². The second-order valence-electron chi connectivity index (χ2n) is 9.77. The van der Waals surface area contributed by atoms with Gasteiger partial charge in [0.15, 0.2) is 0 Å². The van der Waals surface area contributed by atoms with Crippen molar-refractivity contribution >= 4 is 17.4 Å². The number of hydrogen-bond acceptors (Lipinski definition) is 2. The Bertz CT molecular complexity index is 998. The third-order valence-electron chi connectivity index (χ3n) is 6.69. The third kappa shape index (κ3) is 4.27. The van der Waals surface area contributed by atoms with E-state index in [0.29, 0.717) is 24.1 Å². The van der Waals surface area contributed by atoms with Crippen molar-refractivity contribution in [1.82, 2.24) is 4.90 Å². The second-order valence-corrected chi connectivity index (χ2v) is 9.77. The van der Waals surface area contributed by atoms with Crippen LogP contribution in [0.2, 0.25) is 0 Å². The van der Waals surface area contributed by atoms with Gasteiger partial charge in [-0.05, 0) is 65.0 Å². The van der Waals surface area contributed by atoms with E-state index in [0.717, 1.165) is 24.0 Å². The summed E-state index contributed by atoms with van der Waals surface area (Å²) in [5.41, 5.74) is 6.17. The molecule has 0 heterocycles. The van der Waals surface area contributed by atoms with Crippen molar-refractivity contribution in [3.8, 4) is 0 Å². The fraction of sp³-hybridized carbons (Fsp3) is 0.444. The molecule has 0 spiro atoms. The molecule has 158 valence electrons. The molecule has 0 radical (unpaired) electrons. The van der Waals surface area contributed by atoms with Crippen molar-refractivity contribution in [2.45, 2.75) is 64.7 Å². The van der Waals surface area contributed by atoms with Crippen molar-refractivity contribution in [2.24, 2.45) is 0 Å². The van der Waals surface area contributed by atoms with Gasteiger partial charge in [0.1, 0.15) is 5.94 Å². The van der Waals surface area contributed by atoms with Gasteiger partial charge in [0.05, 0.1) is 0 Å². The lowest BCUT2D eigenvalue weighted by molar-refractivity contribution is -0.123. The molecule has 0 saturated heterocycles. The van der Waals surface area contributed by atoms with E-state index in [1.807, 2.05) is 38.1 Å².